The molecule has 2 aromatic heterocycles. The van der Waals surface area contributed by atoms with E-state index in [0.717, 1.165) is 6.42 Å². The van der Waals surface area contributed by atoms with Crippen LogP contribution in [0, 0.1) is 0 Å². The van der Waals surface area contributed by atoms with Crippen LogP contribution in [0.5, 0.6) is 28.7 Å². The number of benzene rings is 2. The van der Waals surface area contributed by atoms with Crippen LogP contribution in [0.15, 0.2) is 72.9 Å². The normalized spacial score (nSPS) is 15.4. The Bertz CT molecular complexity index is 1440. The SMILES string of the molecule is CN(C)CC=CC(=O)N1CC[C@@H](Nc2n[nH]c3nccc(Oc4cccc(Oc5ccccc5)c4O)c23)C1. The van der Waals surface area contributed by atoms with Gasteiger partial charge in [-0.3, -0.25) is 9.89 Å². The van der Waals surface area contributed by atoms with Crippen LogP contribution in [-0.2, 0) is 4.79 Å². The summed E-state index contributed by atoms with van der Waals surface area (Å²) in [6.07, 6.45) is 5.90. The molecule has 3 heterocycles. The van der Waals surface area contributed by atoms with Gasteiger partial charge in [0.15, 0.2) is 23.0 Å². The van der Waals surface area contributed by atoms with Crippen molar-refractivity contribution in [3.8, 4) is 28.7 Å². The molecule has 5 rings (SSSR count). The number of aromatic amines is 1. The minimum Gasteiger partial charge on any atom is -0.502 e. The van der Waals surface area contributed by atoms with Crippen molar-refractivity contribution in [2.45, 2.75) is 12.5 Å². The number of phenolic OH excluding ortho intramolecular Hbond substituents is 1. The monoisotopic (exact) mass is 514 g/mol. The van der Waals surface area contributed by atoms with Gasteiger partial charge < -0.3 is 29.7 Å². The highest BCUT2D eigenvalue weighted by molar-refractivity contribution is 5.93. The Balaban J connectivity index is 1.32. The van der Waals surface area contributed by atoms with Crippen molar-refractivity contribution in [2.75, 3.05) is 39.0 Å². The number of ether oxygens (including phenoxy) is 2. The average molecular weight is 515 g/mol. The fourth-order valence-electron chi connectivity index (χ4n) is 4.25. The van der Waals surface area contributed by atoms with Gasteiger partial charge in [0.1, 0.15) is 16.9 Å². The number of hydrogen-bond donors (Lipinski definition) is 3. The molecule has 38 heavy (non-hydrogen) atoms. The molecular weight excluding hydrogens is 484 g/mol. The van der Waals surface area contributed by atoms with Gasteiger partial charge in [-0.15, -0.1) is 0 Å². The number of nitrogens with one attached hydrogen (secondary N) is 2. The number of aromatic hydroxyl groups is 1. The van der Waals surface area contributed by atoms with Gasteiger partial charge in [0.2, 0.25) is 11.7 Å². The van der Waals surface area contributed by atoms with E-state index in [-0.39, 0.29) is 29.2 Å². The maximum atomic E-state index is 12.5. The summed E-state index contributed by atoms with van der Waals surface area (Å²) >= 11 is 0. The Morgan fingerprint density at radius 1 is 1.13 bits per heavy atom. The molecule has 1 amide bonds. The van der Waals surface area contributed by atoms with E-state index in [9.17, 15) is 9.90 Å². The fraction of sp³-hybridized carbons (Fsp3) is 0.250. The van der Waals surface area contributed by atoms with Gasteiger partial charge in [-0.25, -0.2) is 4.98 Å². The van der Waals surface area contributed by atoms with Gasteiger partial charge in [-0.05, 0) is 44.8 Å². The van der Waals surface area contributed by atoms with Crippen molar-refractivity contribution in [2.24, 2.45) is 0 Å². The molecule has 1 fully saturated rings. The van der Waals surface area contributed by atoms with Crippen LogP contribution >= 0.6 is 0 Å². The number of hydrogen-bond acceptors (Lipinski definition) is 8. The van der Waals surface area contributed by atoms with Gasteiger partial charge in [0.25, 0.3) is 0 Å². The zero-order valence-electron chi connectivity index (χ0n) is 21.3. The first-order valence-electron chi connectivity index (χ1n) is 12.4. The number of likely N-dealkylation sites (N-methyl/N-ethyl adjacent to an activating group) is 1. The maximum Gasteiger partial charge on any atom is 0.246 e. The summed E-state index contributed by atoms with van der Waals surface area (Å²) in [5.74, 6) is 2.04. The predicted molar refractivity (Wildman–Crippen MR) is 145 cm³/mol. The number of phenols is 1. The van der Waals surface area contributed by atoms with E-state index in [1.165, 1.54) is 0 Å². The van der Waals surface area contributed by atoms with Gasteiger partial charge in [0.05, 0.1) is 0 Å². The van der Waals surface area contributed by atoms with Crippen molar-refractivity contribution >= 4 is 22.8 Å². The Morgan fingerprint density at radius 3 is 2.71 bits per heavy atom. The number of nitrogens with zero attached hydrogens (tertiary/aromatic N) is 4. The Hall–Kier alpha value is -4.57. The fourth-order valence-corrected chi connectivity index (χ4v) is 4.25. The molecule has 1 saturated heterocycles. The van der Waals surface area contributed by atoms with Crippen molar-refractivity contribution in [1.82, 2.24) is 25.0 Å². The highest BCUT2D eigenvalue weighted by Gasteiger charge is 2.27. The summed E-state index contributed by atoms with van der Waals surface area (Å²) in [4.78, 5) is 20.7. The van der Waals surface area contributed by atoms with E-state index in [4.69, 9.17) is 9.47 Å². The number of likely N-dealkylation sites (tertiary alicyclic amines) is 1. The van der Waals surface area contributed by atoms with Crippen LogP contribution in [0.25, 0.3) is 11.0 Å². The third-order valence-electron chi connectivity index (χ3n) is 6.15. The summed E-state index contributed by atoms with van der Waals surface area (Å²) in [5.41, 5.74) is 0.540. The number of H-pyrrole nitrogens is 1. The number of rotatable bonds is 9. The Labute approximate surface area is 220 Å². The van der Waals surface area contributed by atoms with Crippen LogP contribution in [0.2, 0.25) is 0 Å². The lowest BCUT2D eigenvalue weighted by Gasteiger charge is -2.16. The van der Waals surface area contributed by atoms with Crippen molar-refractivity contribution < 1.29 is 19.4 Å². The third kappa shape index (κ3) is 5.70. The minimum atomic E-state index is -0.119. The second kappa shape index (κ2) is 11.2. The van der Waals surface area contributed by atoms with Crippen molar-refractivity contribution in [3.63, 3.8) is 0 Å². The molecule has 2 aromatic carbocycles. The lowest BCUT2D eigenvalue weighted by Crippen LogP contribution is -2.30. The number of anilines is 1. The first-order chi connectivity index (χ1) is 18.5. The standard InChI is InChI=1S/C28H30N6O4/c1-33(2)16-7-12-24(35)34-17-14-19(18-34)30-28-25-21(13-15-29-27(25)31-32-28)38-23-11-6-10-22(26(23)36)37-20-8-4-3-5-9-20/h3-13,15,19,36H,14,16-18H2,1-2H3,(H2,29,30,31,32)/t19-/m1/s1. The third-order valence-corrected chi connectivity index (χ3v) is 6.15. The molecular formula is C28H30N6O4. The molecule has 0 radical (unpaired) electrons. The summed E-state index contributed by atoms with van der Waals surface area (Å²) < 4.78 is 12.0. The molecule has 196 valence electrons. The van der Waals surface area contributed by atoms with Crippen LogP contribution in [0.4, 0.5) is 5.82 Å². The number of aromatic nitrogens is 3. The summed E-state index contributed by atoms with van der Waals surface area (Å²) in [6, 6.07) is 16.0. The van der Waals surface area contributed by atoms with E-state index >= 15 is 0 Å². The van der Waals surface area contributed by atoms with E-state index in [0.29, 0.717) is 48.0 Å². The van der Waals surface area contributed by atoms with Crippen molar-refractivity contribution in [3.05, 3.63) is 72.9 Å². The molecule has 0 bridgehead atoms. The first kappa shape index (κ1) is 25.1. The molecule has 3 N–H and O–H groups in total. The summed E-state index contributed by atoms with van der Waals surface area (Å²) in [5, 5.41) is 22.3. The summed E-state index contributed by atoms with van der Waals surface area (Å²) in [7, 11) is 3.92. The van der Waals surface area contributed by atoms with Crippen LogP contribution in [0.3, 0.4) is 0 Å². The Morgan fingerprint density at radius 2 is 1.92 bits per heavy atom. The topological polar surface area (TPSA) is 116 Å². The first-order valence-corrected chi connectivity index (χ1v) is 12.4. The maximum absolute atomic E-state index is 12.5. The van der Waals surface area contributed by atoms with Gasteiger partial charge in [-0.2, -0.15) is 5.10 Å². The van der Waals surface area contributed by atoms with E-state index in [2.05, 4.69) is 20.5 Å². The molecule has 0 spiro atoms. The number of carbonyl (C=O) groups is 1. The zero-order valence-corrected chi connectivity index (χ0v) is 21.3. The molecule has 1 aliphatic rings. The van der Waals surface area contributed by atoms with Gasteiger partial charge in [-0.1, -0.05) is 30.3 Å². The number of amides is 1. The van der Waals surface area contributed by atoms with Crippen LogP contribution in [-0.4, -0.2) is 75.8 Å². The lowest BCUT2D eigenvalue weighted by molar-refractivity contribution is -0.125. The average Bonchev–Trinajstić information content (AvgIpc) is 3.55. The van der Waals surface area contributed by atoms with E-state index < -0.39 is 0 Å². The summed E-state index contributed by atoms with van der Waals surface area (Å²) in [6.45, 7) is 1.94. The predicted octanol–water partition coefficient (Wildman–Crippen LogP) is 4.38. The van der Waals surface area contributed by atoms with Gasteiger partial charge in [0, 0.05) is 44.0 Å². The quantitative estimate of drug-likeness (QED) is 0.282. The lowest BCUT2D eigenvalue weighted by atomic mass is 10.2. The second-order valence-electron chi connectivity index (χ2n) is 9.30. The molecule has 0 aliphatic carbocycles. The Kier molecular flexibility index (Phi) is 7.41. The largest absolute Gasteiger partial charge is 0.502 e. The smallest absolute Gasteiger partial charge is 0.246 e. The van der Waals surface area contributed by atoms with Crippen LogP contribution < -0.4 is 14.8 Å². The number of fused-ring (bicyclic) bond motifs is 1. The number of pyridine rings is 1. The zero-order chi connectivity index (χ0) is 26.5. The molecule has 4 aromatic rings. The highest BCUT2D eigenvalue weighted by atomic mass is 16.5. The second-order valence-corrected chi connectivity index (χ2v) is 9.30. The molecule has 10 heteroatoms. The van der Waals surface area contributed by atoms with Crippen molar-refractivity contribution in [1.29, 1.82) is 0 Å². The van der Waals surface area contributed by atoms with Gasteiger partial charge >= 0.3 is 0 Å². The van der Waals surface area contributed by atoms with E-state index in [1.807, 2.05) is 48.2 Å². The van der Waals surface area contributed by atoms with Crippen LogP contribution in [0.1, 0.15) is 6.42 Å². The highest BCUT2D eigenvalue weighted by Crippen LogP contribution is 2.42. The minimum absolute atomic E-state index is 0.00167. The number of carbonyl (C=O) groups excluding carboxylic acids is 1. The number of para-hydroxylation sites is 2. The van der Waals surface area contributed by atoms with E-state index in [1.54, 1.807) is 48.7 Å². The molecule has 1 atom stereocenters. The molecule has 1 aliphatic heterocycles. The molecule has 0 saturated carbocycles. The molecule has 10 nitrogen and oxygen atoms in total. The molecule has 0 unspecified atom stereocenters.